The molecule has 1 N–H and O–H groups in total. The predicted octanol–water partition coefficient (Wildman–Crippen LogP) is -0.0892. The van der Waals surface area contributed by atoms with E-state index in [9.17, 15) is 13.2 Å². The Morgan fingerprint density at radius 3 is 2.64 bits per heavy atom. The van der Waals surface area contributed by atoms with Crippen LogP contribution in [0.15, 0.2) is 0 Å². The molecule has 1 aliphatic rings. The van der Waals surface area contributed by atoms with Gasteiger partial charge >= 0.3 is 5.97 Å². The predicted molar refractivity (Wildman–Crippen MR) is 49.8 cm³/mol. The normalized spacial score (nSPS) is 28.2. The maximum Gasteiger partial charge on any atom is 0.333 e. The van der Waals surface area contributed by atoms with Crippen LogP contribution in [0.25, 0.3) is 0 Å². The van der Waals surface area contributed by atoms with Crippen LogP contribution in [0.4, 0.5) is 0 Å². The zero-order valence-corrected chi connectivity index (χ0v) is 8.79. The van der Waals surface area contributed by atoms with Crippen LogP contribution in [-0.4, -0.2) is 44.2 Å². The van der Waals surface area contributed by atoms with Crippen LogP contribution in [0.5, 0.6) is 0 Å². The van der Waals surface area contributed by atoms with Gasteiger partial charge in [-0.15, -0.1) is 0 Å². The van der Waals surface area contributed by atoms with E-state index in [1.54, 1.807) is 0 Å². The topological polar surface area (TPSA) is 80.7 Å². The molecule has 1 rings (SSSR count). The maximum atomic E-state index is 11.3. The molecule has 0 bridgehead atoms. The average molecular weight is 222 g/mol. The number of carbonyl (C=O) groups is 1. The molecular weight excluding hydrogens is 208 g/mol. The highest BCUT2D eigenvalue weighted by molar-refractivity contribution is 7.91. The summed E-state index contributed by atoms with van der Waals surface area (Å²) >= 11 is 0. The molecule has 82 valence electrons. The Labute approximate surface area is 83.0 Å². The first-order chi connectivity index (χ1) is 6.46. The van der Waals surface area contributed by atoms with Crippen LogP contribution in [0, 0.1) is 5.92 Å². The number of hydrogen-bond acceptors (Lipinski definition) is 4. The van der Waals surface area contributed by atoms with Crippen LogP contribution < -0.4 is 0 Å². The molecule has 14 heavy (non-hydrogen) atoms. The van der Waals surface area contributed by atoms with E-state index in [1.807, 2.05) is 0 Å². The molecule has 1 fully saturated rings. The highest BCUT2D eigenvalue weighted by atomic mass is 32.2. The maximum absolute atomic E-state index is 11.3. The van der Waals surface area contributed by atoms with Crippen molar-refractivity contribution in [2.45, 2.75) is 18.9 Å². The summed E-state index contributed by atoms with van der Waals surface area (Å²) in [5.74, 6) is -1.40. The summed E-state index contributed by atoms with van der Waals surface area (Å²) in [6, 6.07) is 0. The van der Waals surface area contributed by atoms with Crippen LogP contribution in [0.1, 0.15) is 12.8 Å². The van der Waals surface area contributed by atoms with Crippen molar-refractivity contribution in [2.24, 2.45) is 5.92 Å². The lowest BCUT2D eigenvalue weighted by Gasteiger charge is -2.26. The van der Waals surface area contributed by atoms with Gasteiger partial charge in [0.15, 0.2) is 15.9 Å². The molecule has 0 saturated carbocycles. The van der Waals surface area contributed by atoms with Gasteiger partial charge in [-0.3, -0.25) is 0 Å². The van der Waals surface area contributed by atoms with Gasteiger partial charge in [-0.05, 0) is 12.8 Å². The lowest BCUT2D eigenvalue weighted by Crippen LogP contribution is -2.39. The Balaban J connectivity index is 2.72. The van der Waals surface area contributed by atoms with Gasteiger partial charge in [-0.2, -0.15) is 0 Å². The standard InChI is InChI=1S/C8H14O5S/c1-13-7(8(9)10)6-3-2-4-14(11,12)5-6/h6-7H,2-5H2,1H3,(H,9,10). The molecule has 1 aliphatic heterocycles. The van der Waals surface area contributed by atoms with E-state index in [0.717, 1.165) is 0 Å². The number of rotatable bonds is 3. The number of ether oxygens (including phenoxy) is 1. The van der Waals surface area contributed by atoms with Gasteiger partial charge in [0.25, 0.3) is 0 Å². The molecule has 1 saturated heterocycles. The summed E-state index contributed by atoms with van der Waals surface area (Å²) < 4.78 is 27.3. The summed E-state index contributed by atoms with van der Waals surface area (Å²) in [4.78, 5) is 10.7. The van der Waals surface area contributed by atoms with Crippen molar-refractivity contribution in [3.8, 4) is 0 Å². The van der Waals surface area contributed by atoms with Gasteiger partial charge < -0.3 is 9.84 Å². The average Bonchev–Trinajstić information content (AvgIpc) is 2.02. The molecule has 0 aromatic heterocycles. The molecule has 2 atom stereocenters. The molecule has 2 unspecified atom stereocenters. The molecule has 0 spiro atoms. The SMILES string of the molecule is COC(C(=O)O)C1CCCS(=O)(=O)C1. The molecule has 1 heterocycles. The first-order valence-electron chi connectivity index (χ1n) is 4.42. The van der Waals surface area contributed by atoms with Crippen LogP contribution >= 0.6 is 0 Å². The van der Waals surface area contributed by atoms with E-state index in [2.05, 4.69) is 0 Å². The Morgan fingerprint density at radius 1 is 1.57 bits per heavy atom. The Morgan fingerprint density at radius 2 is 2.21 bits per heavy atom. The number of aliphatic carboxylic acids is 1. The molecule has 0 aromatic rings. The zero-order valence-electron chi connectivity index (χ0n) is 7.97. The summed E-state index contributed by atoms with van der Waals surface area (Å²) in [7, 11) is -1.77. The van der Waals surface area contributed by atoms with E-state index in [4.69, 9.17) is 9.84 Å². The quantitative estimate of drug-likeness (QED) is 0.721. The lowest BCUT2D eigenvalue weighted by atomic mass is 9.99. The van der Waals surface area contributed by atoms with Gasteiger partial charge in [0.2, 0.25) is 0 Å². The fraction of sp³-hybridized carbons (Fsp3) is 0.875. The smallest absolute Gasteiger partial charge is 0.333 e. The van der Waals surface area contributed by atoms with E-state index in [0.29, 0.717) is 12.8 Å². The summed E-state index contributed by atoms with van der Waals surface area (Å²) in [5, 5.41) is 8.78. The zero-order chi connectivity index (χ0) is 10.8. The highest BCUT2D eigenvalue weighted by Crippen LogP contribution is 2.23. The largest absolute Gasteiger partial charge is 0.479 e. The van der Waals surface area contributed by atoms with Gasteiger partial charge in [0.05, 0.1) is 11.5 Å². The Bertz CT molecular complexity index is 308. The molecule has 0 amide bonds. The number of hydrogen-bond donors (Lipinski definition) is 1. The van der Waals surface area contributed by atoms with Crippen molar-refractivity contribution in [3.05, 3.63) is 0 Å². The van der Waals surface area contributed by atoms with Crippen molar-refractivity contribution in [2.75, 3.05) is 18.6 Å². The first kappa shape index (κ1) is 11.5. The summed E-state index contributed by atoms with van der Waals surface area (Å²) in [5.41, 5.74) is 0. The molecule has 0 aliphatic carbocycles. The van der Waals surface area contributed by atoms with Gasteiger partial charge in [0, 0.05) is 13.0 Å². The van der Waals surface area contributed by atoms with E-state index < -0.39 is 27.8 Å². The van der Waals surface area contributed by atoms with E-state index >= 15 is 0 Å². The first-order valence-corrected chi connectivity index (χ1v) is 6.24. The van der Waals surface area contributed by atoms with Crippen LogP contribution in [0.3, 0.4) is 0 Å². The molecular formula is C8H14O5S. The molecule has 6 heteroatoms. The van der Waals surface area contributed by atoms with Crippen molar-refractivity contribution >= 4 is 15.8 Å². The minimum absolute atomic E-state index is 0.0716. The second kappa shape index (κ2) is 4.27. The third-order valence-corrected chi connectivity index (χ3v) is 4.27. The third kappa shape index (κ3) is 2.68. The highest BCUT2D eigenvalue weighted by Gasteiger charge is 2.34. The number of carboxylic acids is 1. The fourth-order valence-corrected chi connectivity index (χ4v) is 3.56. The van der Waals surface area contributed by atoms with Crippen molar-refractivity contribution < 1.29 is 23.1 Å². The molecule has 0 aromatic carbocycles. The molecule has 5 nitrogen and oxygen atoms in total. The number of sulfone groups is 1. The van der Waals surface area contributed by atoms with Crippen LogP contribution in [-0.2, 0) is 19.4 Å². The second-order valence-electron chi connectivity index (χ2n) is 3.51. The van der Waals surface area contributed by atoms with Gasteiger partial charge in [-0.25, -0.2) is 13.2 Å². The summed E-state index contributed by atoms with van der Waals surface area (Å²) in [6.07, 6.45) is 0.134. The fourth-order valence-electron chi connectivity index (χ4n) is 1.79. The lowest BCUT2D eigenvalue weighted by molar-refractivity contribution is -0.151. The number of methoxy groups -OCH3 is 1. The van der Waals surface area contributed by atoms with E-state index in [-0.39, 0.29) is 11.5 Å². The Kier molecular flexibility index (Phi) is 3.49. The minimum Gasteiger partial charge on any atom is -0.479 e. The van der Waals surface area contributed by atoms with Gasteiger partial charge in [0.1, 0.15) is 0 Å². The summed E-state index contributed by atoms with van der Waals surface area (Å²) in [6.45, 7) is 0. The van der Waals surface area contributed by atoms with Gasteiger partial charge in [-0.1, -0.05) is 0 Å². The van der Waals surface area contributed by atoms with Crippen LogP contribution in [0.2, 0.25) is 0 Å². The van der Waals surface area contributed by atoms with Crippen molar-refractivity contribution in [1.29, 1.82) is 0 Å². The monoisotopic (exact) mass is 222 g/mol. The molecule has 0 radical (unpaired) electrons. The third-order valence-electron chi connectivity index (χ3n) is 2.42. The number of carboxylic acid groups (broad SMARTS) is 1. The minimum atomic E-state index is -3.06. The second-order valence-corrected chi connectivity index (χ2v) is 5.74. The van der Waals surface area contributed by atoms with E-state index in [1.165, 1.54) is 7.11 Å². The van der Waals surface area contributed by atoms with Crippen molar-refractivity contribution in [1.82, 2.24) is 0 Å². The Hall–Kier alpha value is -0.620. The van der Waals surface area contributed by atoms with Crippen molar-refractivity contribution in [3.63, 3.8) is 0 Å².